The minimum atomic E-state index is -0.475. The van der Waals surface area contributed by atoms with Gasteiger partial charge in [-0.15, -0.1) is 0 Å². The molecule has 1 fully saturated rings. The Bertz CT molecular complexity index is 941. The van der Waals surface area contributed by atoms with E-state index in [0.717, 1.165) is 5.82 Å². The van der Waals surface area contributed by atoms with Crippen LogP contribution in [0.4, 0.5) is 10.2 Å². The van der Waals surface area contributed by atoms with Crippen molar-refractivity contribution in [1.29, 1.82) is 0 Å². The number of amides is 1. The lowest BCUT2D eigenvalue weighted by atomic mass is 10.3. The Labute approximate surface area is 161 Å². The molecule has 1 aliphatic rings. The van der Waals surface area contributed by atoms with E-state index in [9.17, 15) is 9.18 Å². The fourth-order valence-corrected chi connectivity index (χ4v) is 3.02. The fraction of sp³-hybridized carbons (Fsp3) is 0.263. The predicted octanol–water partition coefficient (Wildman–Crippen LogP) is 1.53. The lowest BCUT2D eigenvalue weighted by Gasteiger charge is -2.35. The first kappa shape index (κ1) is 17.9. The number of aromatic nitrogens is 4. The van der Waals surface area contributed by atoms with Crippen molar-refractivity contribution in [3.8, 4) is 11.6 Å². The van der Waals surface area contributed by atoms with Crippen molar-refractivity contribution in [3.05, 3.63) is 60.9 Å². The average Bonchev–Trinajstić information content (AvgIpc) is 3.28. The molecule has 0 atom stereocenters. The molecule has 3 heterocycles. The zero-order valence-corrected chi connectivity index (χ0v) is 15.1. The number of nitrogens with zero attached hydrogens (tertiary/aromatic N) is 6. The Kier molecular flexibility index (Phi) is 5.14. The zero-order chi connectivity index (χ0) is 19.3. The van der Waals surface area contributed by atoms with Crippen LogP contribution in [0.15, 0.2) is 55.1 Å². The number of halogens is 1. The van der Waals surface area contributed by atoms with Gasteiger partial charge in [-0.3, -0.25) is 4.79 Å². The highest BCUT2D eigenvalue weighted by Crippen LogP contribution is 2.17. The van der Waals surface area contributed by atoms with Gasteiger partial charge in [0, 0.05) is 44.6 Å². The molecule has 0 aliphatic carbocycles. The molecular weight excluding hydrogens is 363 g/mol. The van der Waals surface area contributed by atoms with Gasteiger partial charge < -0.3 is 14.5 Å². The lowest BCUT2D eigenvalue weighted by molar-refractivity contribution is -0.133. The van der Waals surface area contributed by atoms with Gasteiger partial charge in [-0.05, 0) is 18.2 Å². The number of piperazine rings is 1. The Morgan fingerprint density at radius 3 is 2.61 bits per heavy atom. The van der Waals surface area contributed by atoms with Crippen molar-refractivity contribution in [2.45, 2.75) is 0 Å². The molecule has 0 bridgehead atoms. The molecule has 8 nitrogen and oxygen atoms in total. The molecule has 1 saturated heterocycles. The van der Waals surface area contributed by atoms with Crippen LogP contribution < -0.4 is 9.64 Å². The van der Waals surface area contributed by atoms with Crippen molar-refractivity contribution in [1.82, 2.24) is 24.6 Å². The maximum Gasteiger partial charge on any atom is 0.260 e. The van der Waals surface area contributed by atoms with Crippen molar-refractivity contribution >= 4 is 11.7 Å². The number of hydrogen-bond acceptors (Lipinski definition) is 6. The van der Waals surface area contributed by atoms with Crippen LogP contribution in [0.1, 0.15) is 0 Å². The van der Waals surface area contributed by atoms with Crippen molar-refractivity contribution in [2.75, 3.05) is 37.7 Å². The summed E-state index contributed by atoms with van der Waals surface area (Å²) in [6.07, 6.45) is 5.01. The van der Waals surface area contributed by atoms with Crippen molar-refractivity contribution in [2.24, 2.45) is 0 Å². The van der Waals surface area contributed by atoms with Gasteiger partial charge in [0.1, 0.15) is 12.1 Å². The molecule has 144 valence electrons. The first-order valence-corrected chi connectivity index (χ1v) is 8.93. The summed E-state index contributed by atoms with van der Waals surface area (Å²) >= 11 is 0. The number of carbonyl (C=O) groups excluding carboxylic acids is 1. The first-order valence-electron chi connectivity index (χ1n) is 8.93. The quantitative estimate of drug-likeness (QED) is 0.666. The average molecular weight is 382 g/mol. The van der Waals surface area contributed by atoms with Gasteiger partial charge >= 0.3 is 0 Å². The molecule has 9 heteroatoms. The minimum absolute atomic E-state index is 0.0848. The summed E-state index contributed by atoms with van der Waals surface area (Å²) < 4.78 is 20.6. The standard InChI is InChI=1S/C19H19FN6O2/c20-15-4-1-2-5-16(15)28-13-19(27)25-10-8-24(9-11-25)17-12-18(22-14-21-17)26-7-3-6-23-26/h1-7,12,14H,8-11,13H2. The van der Waals surface area contributed by atoms with Crippen LogP contribution in [0.2, 0.25) is 0 Å². The van der Waals surface area contributed by atoms with Gasteiger partial charge in [-0.1, -0.05) is 12.1 Å². The van der Waals surface area contributed by atoms with E-state index in [4.69, 9.17) is 4.74 Å². The zero-order valence-electron chi connectivity index (χ0n) is 15.1. The van der Waals surface area contributed by atoms with Gasteiger partial charge in [0.15, 0.2) is 24.0 Å². The van der Waals surface area contributed by atoms with Crippen LogP contribution in [0.25, 0.3) is 5.82 Å². The Hall–Kier alpha value is -3.49. The molecular formula is C19H19FN6O2. The van der Waals surface area contributed by atoms with Crippen LogP contribution in [0.3, 0.4) is 0 Å². The van der Waals surface area contributed by atoms with Crippen LogP contribution in [0, 0.1) is 5.82 Å². The van der Waals surface area contributed by atoms with Crippen LogP contribution >= 0.6 is 0 Å². The van der Waals surface area contributed by atoms with Crippen molar-refractivity contribution < 1.29 is 13.9 Å². The summed E-state index contributed by atoms with van der Waals surface area (Å²) in [4.78, 5) is 24.7. The second-order valence-electron chi connectivity index (χ2n) is 6.27. The van der Waals surface area contributed by atoms with Gasteiger partial charge in [-0.25, -0.2) is 19.0 Å². The highest BCUT2D eigenvalue weighted by Gasteiger charge is 2.23. The number of rotatable bonds is 5. The van der Waals surface area contributed by atoms with E-state index < -0.39 is 5.82 Å². The second-order valence-corrected chi connectivity index (χ2v) is 6.27. The summed E-state index contributed by atoms with van der Waals surface area (Å²) in [6.45, 7) is 2.18. The third-order valence-corrected chi connectivity index (χ3v) is 4.52. The normalized spacial score (nSPS) is 14.2. The maximum atomic E-state index is 13.6. The Morgan fingerprint density at radius 2 is 1.86 bits per heavy atom. The third-order valence-electron chi connectivity index (χ3n) is 4.52. The van der Waals surface area contributed by atoms with Gasteiger partial charge in [0.25, 0.3) is 5.91 Å². The topological polar surface area (TPSA) is 76.4 Å². The van der Waals surface area contributed by atoms with Crippen LogP contribution in [0.5, 0.6) is 5.75 Å². The molecule has 0 radical (unpaired) electrons. The van der Waals surface area contributed by atoms with E-state index >= 15 is 0 Å². The molecule has 0 N–H and O–H groups in total. The Morgan fingerprint density at radius 1 is 1.07 bits per heavy atom. The molecule has 0 unspecified atom stereocenters. The number of carbonyl (C=O) groups is 1. The van der Waals surface area contributed by atoms with Crippen molar-refractivity contribution in [3.63, 3.8) is 0 Å². The highest BCUT2D eigenvalue weighted by atomic mass is 19.1. The maximum absolute atomic E-state index is 13.6. The summed E-state index contributed by atoms with van der Waals surface area (Å²) in [5, 5.41) is 4.17. The first-order chi connectivity index (χ1) is 13.7. The van der Waals surface area contributed by atoms with E-state index in [-0.39, 0.29) is 18.3 Å². The van der Waals surface area contributed by atoms with Gasteiger partial charge in [-0.2, -0.15) is 5.10 Å². The fourth-order valence-electron chi connectivity index (χ4n) is 3.02. The van der Waals surface area contributed by atoms with E-state index in [2.05, 4.69) is 20.0 Å². The number of para-hydroxylation sites is 1. The number of ether oxygens (including phenoxy) is 1. The van der Waals surface area contributed by atoms with Gasteiger partial charge in [0.05, 0.1) is 0 Å². The highest BCUT2D eigenvalue weighted by molar-refractivity contribution is 5.78. The van der Waals surface area contributed by atoms with Crippen LogP contribution in [-0.4, -0.2) is 63.3 Å². The number of hydrogen-bond donors (Lipinski definition) is 0. The number of benzene rings is 1. The molecule has 1 amide bonds. The summed E-state index contributed by atoms with van der Waals surface area (Å²) in [5.41, 5.74) is 0. The van der Waals surface area contributed by atoms with E-state index in [1.54, 1.807) is 27.9 Å². The molecule has 0 saturated carbocycles. The minimum Gasteiger partial charge on any atom is -0.481 e. The summed E-state index contributed by atoms with van der Waals surface area (Å²) in [6, 6.07) is 9.75. The Balaban J connectivity index is 1.33. The largest absolute Gasteiger partial charge is 0.481 e. The SMILES string of the molecule is O=C(COc1ccccc1F)N1CCN(c2cc(-n3cccn3)ncn2)CC1. The summed E-state index contributed by atoms with van der Waals surface area (Å²) in [5.74, 6) is 0.920. The van der Waals surface area contributed by atoms with Crippen LogP contribution in [-0.2, 0) is 4.79 Å². The predicted molar refractivity (Wildman–Crippen MR) is 99.8 cm³/mol. The molecule has 1 aliphatic heterocycles. The molecule has 1 aromatic carbocycles. The van der Waals surface area contributed by atoms with Gasteiger partial charge in [0.2, 0.25) is 0 Å². The smallest absolute Gasteiger partial charge is 0.260 e. The second kappa shape index (κ2) is 8.03. The molecule has 4 rings (SSSR count). The van der Waals surface area contributed by atoms with E-state index in [1.165, 1.54) is 18.5 Å². The lowest BCUT2D eigenvalue weighted by Crippen LogP contribution is -2.50. The van der Waals surface area contributed by atoms with E-state index in [0.29, 0.717) is 32.0 Å². The third kappa shape index (κ3) is 3.93. The molecule has 2 aromatic heterocycles. The monoisotopic (exact) mass is 382 g/mol. The molecule has 28 heavy (non-hydrogen) atoms. The van der Waals surface area contributed by atoms with E-state index in [1.807, 2.05) is 18.3 Å². The molecule has 0 spiro atoms. The summed E-state index contributed by atoms with van der Waals surface area (Å²) in [7, 11) is 0. The number of anilines is 1. The molecule has 3 aromatic rings.